The lowest BCUT2D eigenvalue weighted by Crippen LogP contribution is -2.29. The van der Waals surface area contributed by atoms with E-state index in [1.54, 1.807) is 4.90 Å². The number of anilines is 1. The number of fused-ring (bicyclic) bond motifs is 1. The molecular weight excluding hydrogens is 246 g/mol. The largest absolute Gasteiger partial charge is 0.395 e. The first-order valence-corrected chi connectivity index (χ1v) is 5.21. The van der Waals surface area contributed by atoms with Gasteiger partial charge in [0.15, 0.2) is 0 Å². The number of β-amino-alcohol motifs (C(OH)–C–C–N with tert-alkyl or cyclic N) is 1. The number of carbonyl (C=O) groups is 1. The van der Waals surface area contributed by atoms with Crippen molar-refractivity contribution in [3.05, 3.63) is 28.2 Å². The van der Waals surface area contributed by atoms with Crippen molar-refractivity contribution in [2.24, 2.45) is 0 Å². The van der Waals surface area contributed by atoms with Crippen molar-refractivity contribution in [1.29, 1.82) is 0 Å². The zero-order valence-corrected chi connectivity index (χ0v) is 9.12. The molecule has 0 spiro atoms. The van der Waals surface area contributed by atoms with Crippen LogP contribution in [0.25, 0.3) is 0 Å². The minimum atomic E-state index is 0.00123. The van der Waals surface area contributed by atoms with Gasteiger partial charge in [0.1, 0.15) is 0 Å². The highest BCUT2D eigenvalue weighted by molar-refractivity contribution is 9.10. The van der Waals surface area contributed by atoms with Gasteiger partial charge < -0.3 is 10.0 Å². The zero-order valence-electron chi connectivity index (χ0n) is 7.53. The summed E-state index contributed by atoms with van der Waals surface area (Å²) < 4.78 is 0.981. The highest BCUT2D eigenvalue weighted by atomic mass is 79.9. The Morgan fingerprint density at radius 1 is 1.50 bits per heavy atom. The number of hydrogen-bond donors (Lipinski definition) is 1. The number of benzene rings is 1. The number of halogens is 1. The molecule has 14 heavy (non-hydrogen) atoms. The molecule has 0 aromatic heterocycles. The van der Waals surface area contributed by atoms with E-state index in [-0.39, 0.29) is 12.5 Å². The van der Waals surface area contributed by atoms with Crippen LogP contribution in [0.1, 0.15) is 5.56 Å². The molecule has 4 heteroatoms. The fraction of sp³-hybridized carbons (Fsp3) is 0.300. The lowest BCUT2D eigenvalue weighted by molar-refractivity contribution is -0.117. The van der Waals surface area contributed by atoms with E-state index >= 15 is 0 Å². The van der Waals surface area contributed by atoms with E-state index in [0.717, 1.165) is 15.7 Å². The first-order valence-electron chi connectivity index (χ1n) is 4.42. The van der Waals surface area contributed by atoms with Crippen LogP contribution in [-0.4, -0.2) is 24.2 Å². The molecule has 1 heterocycles. The smallest absolute Gasteiger partial charge is 0.231 e. The summed E-state index contributed by atoms with van der Waals surface area (Å²) in [6.45, 7) is 0.384. The maximum atomic E-state index is 11.5. The quantitative estimate of drug-likeness (QED) is 0.867. The van der Waals surface area contributed by atoms with Crippen molar-refractivity contribution in [3.8, 4) is 0 Å². The van der Waals surface area contributed by atoms with Crippen LogP contribution < -0.4 is 4.90 Å². The number of rotatable bonds is 2. The maximum Gasteiger partial charge on any atom is 0.231 e. The molecule has 0 unspecified atom stereocenters. The van der Waals surface area contributed by atoms with Gasteiger partial charge in [0.05, 0.1) is 13.0 Å². The molecule has 0 atom stereocenters. The highest BCUT2D eigenvalue weighted by Crippen LogP contribution is 2.30. The molecule has 1 amide bonds. The molecule has 0 radical (unpaired) electrons. The number of amides is 1. The van der Waals surface area contributed by atoms with Crippen molar-refractivity contribution >= 4 is 27.5 Å². The standard InChI is InChI=1S/C10H10BrNO2/c11-8-1-2-9-7(5-8)6-10(14)12(9)3-4-13/h1-2,5,13H,3-4,6H2. The number of aliphatic hydroxyl groups is 1. The van der Waals surface area contributed by atoms with Gasteiger partial charge in [0.2, 0.25) is 5.91 Å². The molecule has 0 saturated carbocycles. The fourth-order valence-electron chi connectivity index (χ4n) is 1.70. The van der Waals surface area contributed by atoms with E-state index in [1.807, 2.05) is 18.2 Å². The minimum Gasteiger partial charge on any atom is -0.395 e. The van der Waals surface area contributed by atoms with E-state index < -0.39 is 0 Å². The summed E-state index contributed by atoms with van der Waals surface area (Å²) in [4.78, 5) is 13.2. The SMILES string of the molecule is O=C1Cc2cc(Br)ccc2N1CCO. The van der Waals surface area contributed by atoms with E-state index in [4.69, 9.17) is 5.11 Å². The minimum absolute atomic E-state index is 0.00123. The molecule has 74 valence electrons. The molecule has 1 N–H and O–H groups in total. The molecule has 0 bridgehead atoms. The first-order chi connectivity index (χ1) is 6.72. The molecule has 1 aliphatic heterocycles. The maximum absolute atomic E-state index is 11.5. The normalized spacial score (nSPS) is 14.7. The average Bonchev–Trinajstić information content (AvgIpc) is 2.43. The van der Waals surface area contributed by atoms with E-state index in [1.165, 1.54) is 0 Å². The first kappa shape index (κ1) is 9.68. The van der Waals surface area contributed by atoms with Crippen molar-refractivity contribution < 1.29 is 9.90 Å². The Bertz CT molecular complexity index is 378. The van der Waals surface area contributed by atoms with Gasteiger partial charge in [-0.2, -0.15) is 0 Å². The lowest BCUT2D eigenvalue weighted by atomic mass is 10.2. The van der Waals surface area contributed by atoms with Crippen molar-refractivity contribution in [2.75, 3.05) is 18.1 Å². The molecule has 0 aliphatic carbocycles. The monoisotopic (exact) mass is 255 g/mol. The van der Waals surface area contributed by atoms with Crippen molar-refractivity contribution in [1.82, 2.24) is 0 Å². The van der Waals surface area contributed by atoms with Crippen molar-refractivity contribution in [2.45, 2.75) is 6.42 Å². The summed E-state index contributed by atoms with van der Waals surface area (Å²) >= 11 is 3.36. The van der Waals surface area contributed by atoms with E-state index in [9.17, 15) is 4.79 Å². The molecule has 2 rings (SSSR count). The molecule has 1 aliphatic rings. The zero-order chi connectivity index (χ0) is 10.1. The molecule has 1 aromatic carbocycles. The second-order valence-corrected chi connectivity index (χ2v) is 4.13. The summed E-state index contributed by atoms with van der Waals surface area (Å²) in [6.07, 6.45) is 0.439. The van der Waals surface area contributed by atoms with Gasteiger partial charge in [0, 0.05) is 16.7 Å². The third kappa shape index (κ3) is 1.55. The van der Waals surface area contributed by atoms with Gasteiger partial charge >= 0.3 is 0 Å². The van der Waals surface area contributed by atoms with Gasteiger partial charge in [-0.3, -0.25) is 4.79 Å². The highest BCUT2D eigenvalue weighted by Gasteiger charge is 2.26. The fourth-order valence-corrected chi connectivity index (χ4v) is 2.11. The molecule has 0 fully saturated rings. The van der Waals surface area contributed by atoms with Crippen molar-refractivity contribution in [3.63, 3.8) is 0 Å². The average molecular weight is 256 g/mol. The summed E-state index contributed by atoms with van der Waals surface area (Å²) in [5.41, 5.74) is 1.95. The van der Waals surface area contributed by atoms with Gasteiger partial charge in [-0.05, 0) is 23.8 Å². The third-order valence-corrected chi connectivity index (χ3v) is 2.79. The summed E-state index contributed by atoms with van der Waals surface area (Å²) in [5, 5.41) is 8.82. The summed E-state index contributed by atoms with van der Waals surface area (Å²) in [5.74, 6) is 0.0622. The number of carbonyl (C=O) groups excluding carboxylic acids is 1. The Balaban J connectivity index is 2.37. The second-order valence-electron chi connectivity index (χ2n) is 3.22. The predicted molar refractivity (Wildman–Crippen MR) is 57.3 cm³/mol. The summed E-state index contributed by atoms with van der Waals surface area (Å²) in [6, 6.07) is 5.76. The Morgan fingerprint density at radius 3 is 3.00 bits per heavy atom. The van der Waals surface area contributed by atoms with Crippen LogP contribution in [0.2, 0.25) is 0 Å². The Kier molecular flexibility index (Phi) is 2.56. The molecule has 0 saturated heterocycles. The molecule has 3 nitrogen and oxygen atoms in total. The Morgan fingerprint density at radius 2 is 2.29 bits per heavy atom. The van der Waals surface area contributed by atoms with E-state index in [0.29, 0.717) is 13.0 Å². The topological polar surface area (TPSA) is 40.5 Å². The number of aliphatic hydroxyl groups excluding tert-OH is 1. The van der Waals surface area contributed by atoms with Crippen LogP contribution in [0.5, 0.6) is 0 Å². The van der Waals surface area contributed by atoms with Crippen LogP contribution in [0.4, 0.5) is 5.69 Å². The van der Waals surface area contributed by atoms with Crippen LogP contribution >= 0.6 is 15.9 Å². The third-order valence-electron chi connectivity index (χ3n) is 2.30. The van der Waals surface area contributed by atoms with Crippen LogP contribution in [0.3, 0.4) is 0 Å². The Labute approximate surface area is 90.5 Å². The second kappa shape index (κ2) is 3.71. The van der Waals surface area contributed by atoms with Crippen LogP contribution in [-0.2, 0) is 11.2 Å². The van der Waals surface area contributed by atoms with Crippen LogP contribution in [0.15, 0.2) is 22.7 Å². The van der Waals surface area contributed by atoms with Crippen LogP contribution in [0, 0.1) is 0 Å². The lowest BCUT2D eigenvalue weighted by Gasteiger charge is -2.15. The van der Waals surface area contributed by atoms with Gasteiger partial charge in [0.25, 0.3) is 0 Å². The summed E-state index contributed by atoms with van der Waals surface area (Å²) in [7, 11) is 0. The Hall–Kier alpha value is -0.870. The number of hydrogen-bond acceptors (Lipinski definition) is 2. The molecule has 1 aromatic rings. The number of nitrogens with zero attached hydrogens (tertiary/aromatic N) is 1. The predicted octanol–water partition coefficient (Wildman–Crippen LogP) is 1.33. The van der Waals surface area contributed by atoms with Gasteiger partial charge in [-0.25, -0.2) is 0 Å². The van der Waals surface area contributed by atoms with E-state index in [2.05, 4.69) is 15.9 Å². The van der Waals surface area contributed by atoms with Gasteiger partial charge in [-0.15, -0.1) is 0 Å². The molecular formula is C10H10BrNO2. The van der Waals surface area contributed by atoms with Gasteiger partial charge in [-0.1, -0.05) is 15.9 Å².